The van der Waals surface area contributed by atoms with Crippen molar-refractivity contribution in [3.8, 4) is 0 Å². The smallest absolute Gasteiger partial charge is 0.349 e. The van der Waals surface area contributed by atoms with Gasteiger partial charge in [-0.1, -0.05) is 30.3 Å². The van der Waals surface area contributed by atoms with E-state index >= 15 is 0 Å². The van der Waals surface area contributed by atoms with Crippen molar-refractivity contribution in [1.29, 1.82) is 0 Å². The molecule has 1 amide bonds. The summed E-state index contributed by atoms with van der Waals surface area (Å²) in [6.45, 7) is 3.59. The third-order valence-electron chi connectivity index (χ3n) is 5.35. The van der Waals surface area contributed by atoms with Gasteiger partial charge in [-0.15, -0.1) is 0 Å². The average Bonchev–Trinajstić information content (AvgIpc) is 2.68. The minimum Gasteiger partial charge on any atom is -0.349 e. The number of carbonyl (C=O) groups excluding carboxylic acids is 1. The number of hydrogen-bond donors (Lipinski definition) is 1. The maximum absolute atomic E-state index is 13.0. The lowest BCUT2D eigenvalue weighted by atomic mass is 9.94. The van der Waals surface area contributed by atoms with Crippen LogP contribution in [-0.4, -0.2) is 23.9 Å². The van der Waals surface area contributed by atoms with Gasteiger partial charge >= 0.3 is 6.18 Å². The van der Waals surface area contributed by atoms with Gasteiger partial charge in [0.25, 0.3) is 0 Å². The molecule has 1 saturated heterocycles. The number of amides is 1. The second-order valence-corrected chi connectivity index (χ2v) is 7.53. The number of carbonyl (C=O) groups is 1. The van der Waals surface area contributed by atoms with Crippen LogP contribution in [0.1, 0.15) is 42.5 Å². The molecule has 1 unspecified atom stereocenters. The number of likely N-dealkylation sites (tertiary alicyclic amines) is 1. The van der Waals surface area contributed by atoms with E-state index in [9.17, 15) is 22.4 Å². The second-order valence-electron chi connectivity index (χ2n) is 7.53. The zero-order valence-corrected chi connectivity index (χ0v) is 16.2. The van der Waals surface area contributed by atoms with Gasteiger partial charge in [0.2, 0.25) is 5.91 Å². The van der Waals surface area contributed by atoms with Gasteiger partial charge in [0.1, 0.15) is 5.82 Å². The van der Waals surface area contributed by atoms with Crippen LogP contribution in [0.2, 0.25) is 0 Å². The Morgan fingerprint density at radius 1 is 1.14 bits per heavy atom. The predicted molar refractivity (Wildman–Crippen MR) is 102 cm³/mol. The fraction of sp³-hybridized carbons (Fsp3) is 0.409. The first-order chi connectivity index (χ1) is 13.7. The van der Waals surface area contributed by atoms with Gasteiger partial charge in [0.15, 0.2) is 0 Å². The van der Waals surface area contributed by atoms with Crippen LogP contribution in [-0.2, 0) is 17.5 Å². The molecule has 0 radical (unpaired) electrons. The monoisotopic (exact) mass is 408 g/mol. The molecule has 2 aromatic carbocycles. The van der Waals surface area contributed by atoms with Gasteiger partial charge in [-0.3, -0.25) is 9.69 Å². The Labute approximate surface area is 167 Å². The zero-order valence-electron chi connectivity index (χ0n) is 16.2. The van der Waals surface area contributed by atoms with Crippen LogP contribution >= 0.6 is 0 Å². The summed E-state index contributed by atoms with van der Waals surface area (Å²) in [7, 11) is 0. The molecule has 3 nitrogen and oxygen atoms in total. The van der Waals surface area contributed by atoms with E-state index < -0.39 is 11.7 Å². The fourth-order valence-corrected chi connectivity index (χ4v) is 3.62. The molecule has 1 aliphatic heterocycles. The van der Waals surface area contributed by atoms with Crippen molar-refractivity contribution in [3.63, 3.8) is 0 Å². The highest BCUT2D eigenvalue weighted by atomic mass is 19.4. The van der Waals surface area contributed by atoms with Crippen molar-refractivity contribution in [2.75, 3.05) is 13.1 Å². The third-order valence-corrected chi connectivity index (χ3v) is 5.35. The molecule has 0 spiro atoms. The van der Waals surface area contributed by atoms with Crippen LogP contribution in [0.25, 0.3) is 0 Å². The highest BCUT2D eigenvalue weighted by Gasteiger charge is 2.31. The molecule has 0 aliphatic carbocycles. The van der Waals surface area contributed by atoms with Crippen molar-refractivity contribution < 1.29 is 22.4 Å². The molecule has 29 heavy (non-hydrogen) atoms. The first-order valence-electron chi connectivity index (χ1n) is 9.66. The Morgan fingerprint density at radius 2 is 1.79 bits per heavy atom. The molecule has 7 heteroatoms. The van der Waals surface area contributed by atoms with Gasteiger partial charge in [-0.05, 0) is 62.2 Å². The number of halogens is 4. The van der Waals surface area contributed by atoms with Crippen molar-refractivity contribution >= 4 is 5.91 Å². The van der Waals surface area contributed by atoms with Gasteiger partial charge in [0.05, 0.1) is 11.6 Å². The maximum atomic E-state index is 13.0. The first-order valence-corrected chi connectivity index (χ1v) is 9.66. The summed E-state index contributed by atoms with van der Waals surface area (Å²) in [4.78, 5) is 14.6. The zero-order chi connectivity index (χ0) is 21.0. The van der Waals surface area contributed by atoms with E-state index in [1.165, 1.54) is 24.3 Å². The van der Waals surface area contributed by atoms with Crippen LogP contribution in [0.3, 0.4) is 0 Å². The van der Waals surface area contributed by atoms with Gasteiger partial charge in [-0.25, -0.2) is 4.39 Å². The van der Waals surface area contributed by atoms with Gasteiger partial charge in [0, 0.05) is 12.5 Å². The Kier molecular flexibility index (Phi) is 6.57. The third kappa shape index (κ3) is 5.79. The summed E-state index contributed by atoms with van der Waals surface area (Å²) >= 11 is 0. The number of alkyl halides is 3. The predicted octanol–water partition coefficient (Wildman–Crippen LogP) is 4.93. The summed E-state index contributed by atoms with van der Waals surface area (Å²) in [6.07, 6.45) is -3.04. The number of piperidine rings is 1. The van der Waals surface area contributed by atoms with Crippen LogP contribution in [0.15, 0.2) is 48.5 Å². The number of nitrogens with zero attached hydrogens (tertiary/aromatic N) is 1. The van der Waals surface area contributed by atoms with Crippen LogP contribution < -0.4 is 5.32 Å². The fourth-order valence-electron chi connectivity index (χ4n) is 3.62. The summed E-state index contributed by atoms with van der Waals surface area (Å²) in [5, 5.41) is 2.97. The highest BCUT2D eigenvalue weighted by Crippen LogP contribution is 2.30. The number of hydrogen-bond acceptors (Lipinski definition) is 2. The standard InChI is InChI=1S/C22H24F4N2O/c1-15(17-5-7-20(23)8-6-17)27-21(29)18-9-11-28(12-10-18)14-16-3-2-4-19(13-16)22(24,25)26/h2-8,13,15,18H,9-12,14H2,1H3,(H,27,29). The quantitative estimate of drug-likeness (QED) is 0.712. The molecule has 2 aromatic rings. The minimum atomic E-state index is -4.34. The summed E-state index contributed by atoms with van der Waals surface area (Å²) < 4.78 is 51.6. The van der Waals surface area contributed by atoms with E-state index in [0.717, 1.165) is 11.6 Å². The molecule has 0 saturated carbocycles. The van der Waals surface area contributed by atoms with Crippen molar-refractivity contribution in [2.45, 2.75) is 38.5 Å². The summed E-state index contributed by atoms with van der Waals surface area (Å²) in [5.41, 5.74) is 0.813. The average molecular weight is 408 g/mol. The Morgan fingerprint density at radius 3 is 2.41 bits per heavy atom. The van der Waals surface area contributed by atoms with Crippen molar-refractivity contribution in [3.05, 3.63) is 71.0 Å². The highest BCUT2D eigenvalue weighted by molar-refractivity contribution is 5.79. The van der Waals surface area contributed by atoms with E-state index in [1.807, 2.05) is 6.92 Å². The lowest BCUT2D eigenvalue weighted by Gasteiger charge is -2.32. The number of nitrogens with one attached hydrogen (secondary N) is 1. The van der Waals surface area contributed by atoms with E-state index in [2.05, 4.69) is 10.2 Å². The molecular formula is C22H24F4N2O. The largest absolute Gasteiger partial charge is 0.416 e. The van der Waals surface area contributed by atoms with Crippen LogP contribution in [0.4, 0.5) is 17.6 Å². The normalized spacial score (nSPS) is 17.1. The Hall–Kier alpha value is -2.41. The first kappa shape index (κ1) is 21.3. The maximum Gasteiger partial charge on any atom is 0.416 e. The van der Waals surface area contributed by atoms with Gasteiger partial charge in [-0.2, -0.15) is 13.2 Å². The Bertz CT molecular complexity index is 827. The topological polar surface area (TPSA) is 32.3 Å². The van der Waals surface area contributed by atoms with Crippen LogP contribution in [0, 0.1) is 11.7 Å². The molecule has 0 aromatic heterocycles. The van der Waals surface area contributed by atoms with Crippen molar-refractivity contribution in [2.24, 2.45) is 5.92 Å². The van der Waals surface area contributed by atoms with E-state index in [4.69, 9.17) is 0 Å². The number of benzene rings is 2. The molecule has 1 aliphatic rings. The second kappa shape index (κ2) is 8.95. The minimum absolute atomic E-state index is 0.0412. The van der Waals surface area contributed by atoms with E-state index in [-0.39, 0.29) is 23.7 Å². The molecule has 1 N–H and O–H groups in total. The SMILES string of the molecule is CC(NC(=O)C1CCN(Cc2cccc(C(F)(F)F)c2)CC1)c1ccc(F)cc1. The molecule has 156 valence electrons. The molecule has 1 atom stereocenters. The summed E-state index contributed by atoms with van der Waals surface area (Å²) in [5.74, 6) is -0.489. The van der Waals surface area contributed by atoms with Crippen LogP contribution in [0.5, 0.6) is 0 Å². The van der Waals surface area contributed by atoms with Gasteiger partial charge < -0.3 is 5.32 Å². The lowest BCUT2D eigenvalue weighted by Crippen LogP contribution is -2.40. The van der Waals surface area contributed by atoms with Crippen molar-refractivity contribution in [1.82, 2.24) is 10.2 Å². The molecule has 0 bridgehead atoms. The molecule has 1 heterocycles. The summed E-state index contributed by atoms with van der Waals surface area (Å²) in [6, 6.07) is 11.2. The van der Waals surface area contributed by atoms with E-state index in [1.54, 1.807) is 18.2 Å². The number of rotatable bonds is 5. The van der Waals surface area contributed by atoms with E-state index in [0.29, 0.717) is 38.0 Å². The Balaban J connectivity index is 1.50. The molecule has 1 fully saturated rings. The molecule has 3 rings (SSSR count). The molecular weight excluding hydrogens is 384 g/mol. The lowest BCUT2D eigenvalue weighted by molar-refractivity contribution is -0.137.